The molecule has 0 radical (unpaired) electrons. The van der Waals surface area contributed by atoms with Crippen LogP contribution < -0.4 is 5.32 Å². The number of thiophene rings is 1. The molecular weight excluding hydrogens is 270 g/mol. The summed E-state index contributed by atoms with van der Waals surface area (Å²) in [6.45, 7) is 2.80. The average Bonchev–Trinajstić information content (AvgIpc) is 2.77. The number of hydrogen-bond donors (Lipinski definition) is 1. The van der Waals surface area contributed by atoms with Gasteiger partial charge in [-0.15, -0.1) is 11.3 Å². The van der Waals surface area contributed by atoms with Crippen LogP contribution >= 0.6 is 22.9 Å². The fraction of sp³-hybridized carbons (Fsp3) is 0.500. The van der Waals surface area contributed by atoms with Crippen LogP contribution in [0.2, 0.25) is 5.28 Å². The minimum Gasteiger partial charge on any atom is -0.383 e. The van der Waals surface area contributed by atoms with Crippen LogP contribution in [0.25, 0.3) is 10.2 Å². The molecule has 2 rings (SSSR count). The topological polar surface area (TPSA) is 47.0 Å². The molecule has 18 heavy (non-hydrogen) atoms. The van der Waals surface area contributed by atoms with Gasteiger partial charge in [0.15, 0.2) is 0 Å². The van der Waals surface area contributed by atoms with Crippen LogP contribution in [0.15, 0.2) is 11.4 Å². The molecule has 0 amide bonds. The van der Waals surface area contributed by atoms with Gasteiger partial charge in [0.05, 0.1) is 18.0 Å². The Morgan fingerprint density at radius 2 is 2.33 bits per heavy atom. The van der Waals surface area contributed by atoms with Crippen molar-refractivity contribution in [2.45, 2.75) is 25.8 Å². The normalized spacial score (nSPS) is 12.8. The molecule has 0 saturated carbocycles. The number of hydrogen-bond acceptors (Lipinski definition) is 5. The first-order valence-corrected chi connectivity index (χ1v) is 7.16. The Kier molecular flexibility index (Phi) is 4.74. The van der Waals surface area contributed by atoms with Gasteiger partial charge in [0.2, 0.25) is 5.28 Å². The molecule has 1 atom stereocenters. The third-order valence-electron chi connectivity index (χ3n) is 2.64. The second-order valence-corrected chi connectivity index (χ2v) is 5.30. The zero-order chi connectivity index (χ0) is 13.0. The minimum atomic E-state index is 0.245. The molecule has 6 heteroatoms. The molecule has 2 aromatic rings. The van der Waals surface area contributed by atoms with Crippen LogP contribution in [0.4, 0.5) is 5.82 Å². The highest BCUT2D eigenvalue weighted by Gasteiger charge is 2.12. The molecule has 1 unspecified atom stereocenters. The third kappa shape index (κ3) is 3.10. The van der Waals surface area contributed by atoms with Crippen LogP contribution in [0, 0.1) is 0 Å². The van der Waals surface area contributed by atoms with Gasteiger partial charge in [-0.2, -0.15) is 0 Å². The zero-order valence-electron chi connectivity index (χ0n) is 10.4. The van der Waals surface area contributed by atoms with Crippen molar-refractivity contribution in [1.29, 1.82) is 0 Å². The second kappa shape index (κ2) is 6.31. The number of fused-ring (bicyclic) bond motifs is 1. The summed E-state index contributed by atoms with van der Waals surface area (Å²) in [4.78, 5) is 9.38. The van der Waals surface area contributed by atoms with E-state index in [1.807, 2.05) is 11.4 Å². The van der Waals surface area contributed by atoms with E-state index in [2.05, 4.69) is 22.2 Å². The number of halogens is 1. The molecular formula is C12H16ClN3OS. The largest absolute Gasteiger partial charge is 0.383 e. The van der Waals surface area contributed by atoms with Gasteiger partial charge in [-0.25, -0.2) is 9.97 Å². The molecule has 0 fully saturated rings. The molecule has 4 nitrogen and oxygen atoms in total. The fourth-order valence-corrected chi connectivity index (χ4v) is 2.86. The maximum absolute atomic E-state index is 5.93. The Balaban J connectivity index is 2.26. The standard InChI is InChI=1S/C12H16ClN3OS/c1-3-4-8(7-17-2)14-10-9-5-6-18-11(9)16-12(13)15-10/h5-6,8H,3-4,7H2,1-2H3,(H,14,15,16). The summed E-state index contributed by atoms with van der Waals surface area (Å²) in [5.41, 5.74) is 0. The van der Waals surface area contributed by atoms with Gasteiger partial charge in [0.1, 0.15) is 10.6 Å². The molecule has 2 heterocycles. The number of anilines is 1. The molecule has 0 bridgehead atoms. The molecule has 2 aromatic heterocycles. The van der Waals surface area contributed by atoms with Gasteiger partial charge < -0.3 is 10.1 Å². The van der Waals surface area contributed by atoms with E-state index in [4.69, 9.17) is 16.3 Å². The van der Waals surface area contributed by atoms with E-state index < -0.39 is 0 Å². The Morgan fingerprint density at radius 1 is 1.50 bits per heavy atom. The highest BCUT2D eigenvalue weighted by atomic mass is 35.5. The first-order chi connectivity index (χ1) is 8.74. The van der Waals surface area contributed by atoms with Crippen LogP contribution in [0.3, 0.4) is 0 Å². The van der Waals surface area contributed by atoms with E-state index in [1.54, 1.807) is 18.4 Å². The number of methoxy groups -OCH3 is 1. The predicted molar refractivity (Wildman–Crippen MR) is 76.6 cm³/mol. The summed E-state index contributed by atoms with van der Waals surface area (Å²) in [7, 11) is 1.71. The van der Waals surface area contributed by atoms with E-state index >= 15 is 0 Å². The summed E-state index contributed by atoms with van der Waals surface area (Å²) in [5, 5.41) is 6.68. The smallest absolute Gasteiger partial charge is 0.225 e. The van der Waals surface area contributed by atoms with E-state index in [9.17, 15) is 0 Å². The second-order valence-electron chi connectivity index (χ2n) is 4.07. The van der Waals surface area contributed by atoms with E-state index in [0.717, 1.165) is 28.9 Å². The van der Waals surface area contributed by atoms with Gasteiger partial charge >= 0.3 is 0 Å². The first-order valence-electron chi connectivity index (χ1n) is 5.90. The highest BCUT2D eigenvalue weighted by molar-refractivity contribution is 7.16. The first kappa shape index (κ1) is 13.5. The van der Waals surface area contributed by atoms with Crippen molar-refractivity contribution in [2.75, 3.05) is 19.0 Å². The van der Waals surface area contributed by atoms with Crippen molar-refractivity contribution >= 4 is 39.0 Å². The Bertz CT molecular complexity index is 511. The maximum Gasteiger partial charge on any atom is 0.225 e. The molecule has 98 valence electrons. The Morgan fingerprint density at radius 3 is 3.06 bits per heavy atom. The van der Waals surface area contributed by atoms with Gasteiger partial charge in [0.25, 0.3) is 0 Å². The van der Waals surface area contributed by atoms with Crippen molar-refractivity contribution in [3.63, 3.8) is 0 Å². The maximum atomic E-state index is 5.93. The Hall–Kier alpha value is -0.910. The average molecular weight is 286 g/mol. The number of aromatic nitrogens is 2. The molecule has 0 spiro atoms. The summed E-state index contributed by atoms with van der Waals surface area (Å²) in [6, 6.07) is 2.25. The molecule has 0 aliphatic rings. The van der Waals surface area contributed by atoms with Gasteiger partial charge in [-0.05, 0) is 29.5 Å². The van der Waals surface area contributed by atoms with Crippen LogP contribution in [-0.2, 0) is 4.74 Å². The van der Waals surface area contributed by atoms with Gasteiger partial charge in [-0.3, -0.25) is 0 Å². The van der Waals surface area contributed by atoms with Crippen LogP contribution in [0.1, 0.15) is 19.8 Å². The summed E-state index contributed by atoms with van der Waals surface area (Å²) in [5.74, 6) is 0.793. The quantitative estimate of drug-likeness (QED) is 0.824. The molecule has 0 aliphatic carbocycles. The van der Waals surface area contributed by atoms with Crippen LogP contribution in [-0.4, -0.2) is 29.7 Å². The minimum absolute atomic E-state index is 0.245. The lowest BCUT2D eigenvalue weighted by atomic mass is 10.2. The predicted octanol–water partition coefficient (Wildman–Crippen LogP) is 3.57. The van der Waals surface area contributed by atoms with E-state index in [0.29, 0.717) is 6.61 Å². The van der Waals surface area contributed by atoms with Crippen molar-refractivity contribution in [3.05, 3.63) is 16.7 Å². The summed E-state index contributed by atoms with van der Waals surface area (Å²) in [6.07, 6.45) is 2.12. The fourth-order valence-electron chi connectivity index (χ4n) is 1.88. The molecule has 0 aliphatic heterocycles. The van der Waals surface area contributed by atoms with E-state index in [1.165, 1.54) is 0 Å². The molecule has 1 N–H and O–H groups in total. The number of nitrogens with zero attached hydrogens (tertiary/aromatic N) is 2. The van der Waals surface area contributed by atoms with Crippen LogP contribution in [0.5, 0.6) is 0 Å². The van der Waals surface area contributed by atoms with Crippen molar-refractivity contribution in [3.8, 4) is 0 Å². The zero-order valence-corrected chi connectivity index (χ0v) is 12.0. The third-order valence-corrected chi connectivity index (χ3v) is 3.62. The van der Waals surface area contributed by atoms with E-state index in [-0.39, 0.29) is 11.3 Å². The van der Waals surface area contributed by atoms with Crippen molar-refractivity contribution in [1.82, 2.24) is 9.97 Å². The summed E-state index contributed by atoms with van der Waals surface area (Å²) >= 11 is 7.49. The highest BCUT2D eigenvalue weighted by Crippen LogP contribution is 2.27. The molecule has 0 aromatic carbocycles. The summed E-state index contributed by atoms with van der Waals surface area (Å²) < 4.78 is 5.22. The Labute approximate surface area is 115 Å². The SMILES string of the molecule is CCCC(COC)Nc1nc(Cl)nc2sccc12. The monoisotopic (exact) mass is 285 g/mol. The lowest BCUT2D eigenvalue weighted by Crippen LogP contribution is -2.25. The molecule has 0 saturated heterocycles. The number of ether oxygens (including phenoxy) is 1. The lowest BCUT2D eigenvalue weighted by molar-refractivity contribution is 0.182. The van der Waals surface area contributed by atoms with Gasteiger partial charge in [-0.1, -0.05) is 13.3 Å². The van der Waals surface area contributed by atoms with Crippen molar-refractivity contribution in [2.24, 2.45) is 0 Å². The number of nitrogens with one attached hydrogen (secondary N) is 1. The number of rotatable bonds is 6. The lowest BCUT2D eigenvalue weighted by Gasteiger charge is -2.18. The van der Waals surface area contributed by atoms with Gasteiger partial charge in [0, 0.05) is 7.11 Å². The van der Waals surface area contributed by atoms with Crippen molar-refractivity contribution < 1.29 is 4.74 Å².